The molecule has 0 radical (unpaired) electrons. The first-order valence-electron chi connectivity index (χ1n) is 5.34. The second kappa shape index (κ2) is 4.27. The van der Waals surface area contributed by atoms with Crippen molar-refractivity contribution in [1.82, 2.24) is 0 Å². The third-order valence-corrected chi connectivity index (χ3v) is 3.07. The summed E-state index contributed by atoms with van der Waals surface area (Å²) >= 11 is 0. The smallest absolute Gasteiger partial charge is 0.159 e. The van der Waals surface area contributed by atoms with Gasteiger partial charge in [-0.2, -0.15) is 0 Å². The zero-order chi connectivity index (χ0) is 10.8. The Morgan fingerprint density at radius 3 is 2.53 bits per heavy atom. The van der Waals surface area contributed by atoms with Gasteiger partial charge >= 0.3 is 0 Å². The van der Waals surface area contributed by atoms with E-state index in [2.05, 4.69) is 0 Å². The molecule has 0 aromatic heterocycles. The quantitative estimate of drug-likeness (QED) is 0.813. The van der Waals surface area contributed by atoms with E-state index in [4.69, 9.17) is 5.73 Å². The Morgan fingerprint density at radius 2 is 2.00 bits per heavy atom. The largest absolute Gasteiger partial charge is 0.330 e. The molecule has 82 valence electrons. The van der Waals surface area contributed by atoms with E-state index in [0.717, 1.165) is 12.0 Å². The predicted molar refractivity (Wildman–Crippen MR) is 55.3 cm³/mol. The minimum Gasteiger partial charge on any atom is -0.330 e. The molecule has 15 heavy (non-hydrogen) atoms. The maximum atomic E-state index is 12.9. The van der Waals surface area contributed by atoms with Gasteiger partial charge in [0.2, 0.25) is 0 Å². The lowest BCUT2D eigenvalue weighted by atomic mass is 9.95. The molecule has 0 aliphatic heterocycles. The van der Waals surface area contributed by atoms with Crippen molar-refractivity contribution in [2.24, 2.45) is 17.6 Å². The summed E-state index contributed by atoms with van der Waals surface area (Å²) in [5, 5.41) is 0. The van der Waals surface area contributed by atoms with Crippen LogP contribution in [0.15, 0.2) is 18.2 Å². The van der Waals surface area contributed by atoms with E-state index in [-0.39, 0.29) is 0 Å². The van der Waals surface area contributed by atoms with E-state index in [0.29, 0.717) is 18.4 Å². The number of hydrogen-bond acceptors (Lipinski definition) is 1. The Balaban J connectivity index is 2.05. The van der Waals surface area contributed by atoms with Gasteiger partial charge in [-0.25, -0.2) is 8.78 Å². The van der Waals surface area contributed by atoms with Crippen LogP contribution >= 0.6 is 0 Å². The van der Waals surface area contributed by atoms with Crippen LogP contribution in [0.2, 0.25) is 0 Å². The molecule has 1 fully saturated rings. The van der Waals surface area contributed by atoms with Gasteiger partial charge in [0.05, 0.1) is 0 Å². The molecule has 1 aromatic carbocycles. The van der Waals surface area contributed by atoms with Crippen LogP contribution in [0.5, 0.6) is 0 Å². The number of halogens is 2. The number of rotatable bonds is 4. The highest BCUT2D eigenvalue weighted by Gasteiger charge is 2.30. The van der Waals surface area contributed by atoms with Gasteiger partial charge in [-0.3, -0.25) is 0 Å². The summed E-state index contributed by atoms with van der Waals surface area (Å²) in [6.07, 6.45) is 3.22. The van der Waals surface area contributed by atoms with Gasteiger partial charge < -0.3 is 5.73 Å². The summed E-state index contributed by atoms with van der Waals surface area (Å²) < 4.78 is 25.6. The fourth-order valence-electron chi connectivity index (χ4n) is 1.98. The molecule has 1 atom stereocenters. The molecular formula is C12H15F2N. The van der Waals surface area contributed by atoms with Crippen LogP contribution in [0.4, 0.5) is 8.78 Å². The first-order chi connectivity index (χ1) is 7.20. The second-order valence-corrected chi connectivity index (χ2v) is 4.29. The molecule has 0 saturated heterocycles. The molecule has 0 heterocycles. The van der Waals surface area contributed by atoms with Crippen molar-refractivity contribution < 1.29 is 8.78 Å². The van der Waals surface area contributed by atoms with Crippen molar-refractivity contribution in [3.05, 3.63) is 35.4 Å². The summed E-state index contributed by atoms with van der Waals surface area (Å²) in [5.41, 5.74) is 6.51. The first-order valence-corrected chi connectivity index (χ1v) is 5.34. The monoisotopic (exact) mass is 211 g/mol. The highest BCUT2D eigenvalue weighted by molar-refractivity contribution is 5.18. The van der Waals surface area contributed by atoms with E-state index in [1.165, 1.54) is 25.0 Å². The summed E-state index contributed by atoms with van der Waals surface area (Å²) in [7, 11) is 0. The maximum Gasteiger partial charge on any atom is 0.159 e. The lowest BCUT2D eigenvalue weighted by molar-refractivity contribution is 0.465. The van der Waals surface area contributed by atoms with Gasteiger partial charge in [-0.1, -0.05) is 6.07 Å². The SMILES string of the molecule is NC[C@H](Cc1ccc(F)c(F)c1)C1CC1. The molecular weight excluding hydrogens is 196 g/mol. The van der Waals surface area contributed by atoms with Crippen molar-refractivity contribution >= 4 is 0 Å². The molecule has 2 N–H and O–H groups in total. The minimum atomic E-state index is -0.783. The third kappa shape index (κ3) is 2.53. The van der Waals surface area contributed by atoms with E-state index >= 15 is 0 Å². The van der Waals surface area contributed by atoms with Gasteiger partial charge in [0.1, 0.15) is 0 Å². The van der Waals surface area contributed by atoms with E-state index in [1.807, 2.05) is 0 Å². The van der Waals surface area contributed by atoms with Crippen molar-refractivity contribution in [1.29, 1.82) is 0 Å². The molecule has 0 unspecified atom stereocenters. The lowest BCUT2D eigenvalue weighted by Crippen LogP contribution is -2.18. The van der Waals surface area contributed by atoms with Crippen molar-refractivity contribution in [3.63, 3.8) is 0 Å². The number of hydrogen-bond donors (Lipinski definition) is 1. The van der Waals surface area contributed by atoms with E-state index in [9.17, 15) is 8.78 Å². The molecule has 1 aliphatic carbocycles. The van der Waals surface area contributed by atoms with Crippen LogP contribution in [-0.4, -0.2) is 6.54 Å². The lowest BCUT2D eigenvalue weighted by Gasteiger charge is -2.13. The highest BCUT2D eigenvalue weighted by Crippen LogP contribution is 2.37. The molecule has 1 nitrogen and oxygen atoms in total. The van der Waals surface area contributed by atoms with Crippen LogP contribution in [0.25, 0.3) is 0 Å². The fourth-order valence-corrected chi connectivity index (χ4v) is 1.98. The van der Waals surface area contributed by atoms with Gasteiger partial charge in [0.25, 0.3) is 0 Å². The zero-order valence-corrected chi connectivity index (χ0v) is 8.55. The summed E-state index contributed by atoms with van der Waals surface area (Å²) in [6, 6.07) is 4.11. The molecule has 1 aromatic rings. The van der Waals surface area contributed by atoms with Crippen molar-refractivity contribution in [2.75, 3.05) is 6.54 Å². The van der Waals surface area contributed by atoms with E-state index < -0.39 is 11.6 Å². The van der Waals surface area contributed by atoms with Crippen LogP contribution in [0.3, 0.4) is 0 Å². The predicted octanol–water partition coefficient (Wildman–Crippen LogP) is 2.49. The number of benzene rings is 1. The van der Waals surface area contributed by atoms with Gasteiger partial charge in [-0.05, 0) is 55.3 Å². The molecule has 1 aliphatic rings. The van der Waals surface area contributed by atoms with Gasteiger partial charge in [0, 0.05) is 0 Å². The Kier molecular flexibility index (Phi) is 3.00. The standard InChI is InChI=1S/C12H15F2N/c13-11-4-1-8(6-12(11)14)5-10(7-15)9-2-3-9/h1,4,6,9-10H,2-3,5,7,15H2/t10-/m0/s1. The van der Waals surface area contributed by atoms with Crippen LogP contribution < -0.4 is 5.73 Å². The molecule has 0 amide bonds. The molecule has 0 bridgehead atoms. The molecule has 2 rings (SSSR count). The Bertz CT molecular complexity index is 347. The average molecular weight is 211 g/mol. The topological polar surface area (TPSA) is 26.0 Å². The Labute approximate surface area is 88.3 Å². The molecule has 1 saturated carbocycles. The summed E-state index contributed by atoms with van der Waals surface area (Å²) in [6.45, 7) is 0.629. The second-order valence-electron chi connectivity index (χ2n) is 4.29. The normalized spacial score (nSPS) is 17.8. The molecule has 3 heteroatoms. The third-order valence-electron chi connectivity index (χ3n) is 3.07. The summed E-state index contributed by atoms with van der Waals surface area (Å²) in [5.74, 6) is -0.425. The fraction of sp³-hybridized carbons (Fsp3) is 0.500. The van der Waals surface area contributed by atoms with Crippen LogP contribution in [0, 0.1) is 23.5 Å². The van der Waals surface area contributed by atoms with Crippen LogP contribution in [-0.2, 0) is 6.42 Å². The zero-order valence-electron chi connectivity index (χ0n) is 8.55. The van der Waals surface area contributed by atoms with Gasteiger partial charge in [-0.15, -0.1) is 0 Å². The number of nitrogens with two attached hydrogens (primary N) is 1. The maximum absolute atomic E-state index is 12.9. The van der Waals surface area contributed by atoms with E-state index in [1.54, 1.807) is 6.07 Å². The Morgan fingerprint density at radius 1 is 1.27 bits per heavy atom. The first kappa shape index (κ1) is 10.6. The minimum absolute atomic E-state index is 0.426. The van der Waals surface area contributed by atoms with Gasteiger partial charge in [0.15, 0.2) is 11.6 Å². The van der Waals surface area contributed by atoms with Crippen LogP contribution in [0.1, 0.15) is 18.4 Å². The Hall–Kier alpha value is -0.960. The average Bonchev–Trinajstić information content (AvgIpc) is 3.03. The summed E-state index contributed by atoms with van der Waals surface area (Å²) in [4.78, 5) is 0. The van der Waals surface area contributed by atoms with Crippen molar-refractivity contribution in [2.45, 2.75) is 19.3 Å². The highest BCUT2D eigenvalue weighted by atomic mass is 19.2. The molecule has 0 spiro atoms. The van der Waals surface area contributed by atoms with Crippen molar-refractivity contribution in [3.8, 4) is 0 Å².